The quantitative estimate of drug-likeness (QED) is 0.841. The van der Waals surface area contributed by atoms with Crippen LogP contribution in [0.1, 0.15) is 19.4 Å². The maximum atomic E-state index is 5.58. The van der Waals surface area contributed by atoms with Crippen LogP contribution < -0.4 is 10.6 Å². The SMILES string of the molecule is COCCN(c1ccc(CCN)cc1Br)C(C)C. The fourth-order valence-corrected chi connectivity index (χ4v) is 2.61. The van der Waals surface area contributed by atoms with E-state index in [0.29, 0.717) is 12.6 Å². The van der Waals surface area contributed by atoms with Crippen molar-refractivity contribution in [2.75, 3.05) is 31.7 Å². The fraction of sp³-hybridized carbons (Fsp3) is 0.571. The molecule has 0 aliphatic carbocycles. The number of nitrogens with zero attached hydrogens (tertiary/aromatic N) is 1. The van der Waals surface area contributed by atoms with E-state index in [1.165, 1.54) is 11.3 Å². The highest BCUT2D eigenvalue weighted by molar-refractivity contribution is 9.10. The molecule has 0 aromatic heterocycles. The minimum Gasteiger partial charge on any atom is -0.383 e. The van der Waals surface area contributed by atoms with E-state index >= 15 is 0 Å². The molecule has 0 saturated carbocycles. The predicted octanol–water partition coefficient (Wildman–Crippen LogP) is 2.81. The van der Waals surface area contributed by atoms with E-state index in [-0.39, 0.29) is 0 Å². The Bertz CT molecular complexity index is 369. The summed E-state index contributed by atoms with van der Waals surface area (Å²) in [6.45, 7) is 6.69. The van der Waals surface area contributed by atoms with Crippen LogP contribution in [0, 0.1) is 0 Å². The van der Waals surface area contributed by atoms with Crippen molar-refractivity contribution in [3.63, 3.8) is 0 Å². The third-order valence-corrected chi connectivity index (χ3v) is 3.55. The van der Waals surface area contributed by atoms with E-state index < -0.39 is 0 Å². The van der Waals surface area contributed by atoms with Crippen LogP contribution in [0.2, 0.25) is 0 Å². The number of hydrogen-bond acceptors (Lipinski definition) is 3. The number of hydrogen-bond donors (Lipinski definition) is 1. The van der Waals surface area contributed by atoms with Crippen LogP contribution in [0.4, 0.5) is 5.69 Å². The van der Waals surface area contributed by atoms with Crippen LogP contribution in [0.15, 0.2) is 22.7 Å². The summed E-state index contributed by atoms with van der Waals surface area (Å²) in [6, 6.07) is 6.90. The van der Waals surface area contributed by atoms with Gasteiger partial charge in [0.2, 0.25) is 0 Å². The highest BCUT2D eigenvalue weighted by atomic mass is 79.9. The zero-order valence-electron chi connectivity index (χ0n) is 11.4. The van der Waals surface area contributed by atoms with Gasteiger partial charge in [-0.1, -0.05) is 6.07 Å². The third kappa shape index (κ3) is 4.26. The number of benzene rings is 1. The predicted molar refractivity (Wildman–Crippen MR) is 81.3 cm³/mol. The Labute approximate surface area is 118 Å². The van der Waals surface area contributed by atoms with E-state index in [1.54, 1.807) is 7.11 Å². The molecule has 0 aliphatic rings. The van der Waals surface area contributed by atoms with Gasteiger partial charge in [-0.2, -0.15) is 0 Å². The van der Waals surface area contributed by atoms with Gasteiger partial charge in [0.15, 0.2) is 0 Å². The minimum atomic E-state index is 0.441. The molecule has 1 aromatic rings. The monoisotopic (exact) mass is 314 g/mol. The Morgan fingerprint density at radius 2 is 2.11 bits per heavy atom. The normalized spacial score (nSPS) is 11.0. The maximum absolute atomic E-state index is 5.58. The number of nitrogens with two attached hydrogens (primary N) is 1. The van der Waals surface area contributed by atoms with Crippen molar-refractivity contribution in [3.05, 3.63) is 28.2 Å². The molecular weight excluding hydrogens is 292 g/mol. The van der Waals surface area contributed by atoms with Gasteiger partial charge in [-0.05, 0) is 60.4 Å². The molecule has 0 unspecified atom stereocenters. The smallest absolute Gasteiger partial charge is 0.0637 e. The molecule has 102 valence electrons. The molecular formula is C14H23BrN2O. The van der Waals surface area contributed by atoms with Gasteiger partial charge >= 0.3 is 0 Å². The van der Waals surface area contributed by atoms with Crippen molar-refractivity contribution in [2.24, 2.45) is 5.73 Å². The molecule has 0 amide bonds. The zero-order valence-corrected chi connectivity index (χ0v) is 13.0. The van der Waals surface area contributed by atoms with Crippen LogP contribution in [0.3, 0.4) is 0 Å². The molecule has 2 N–H and O–H groups in total. The summed E-state index contributed by atoms with van der Waals surface area (Å²) < 4.78 is 6.30. The first-order chi connectivity index (χ1) is 8.60. The maximum Gasteiger partial charge on any atom is 0.0637 e. The fourth-order valence-electron chi connectivity index (χ4n) is 1.95. The Morgan fingerprint density at radius 3 is 2.61 bits per heavy atom. The van der Waals surface area contributed by atoms with Gasteiger partial charge in [0.05, 0.1) is 12.3 Å². The lowest BCUT2D eigenvalue weighted by atomic mass is 10.1. The average Bonchev–Trinajstić information content (AvgIpc) is 2.32. The second-order valence-electron chi connectivity index (χ2n) is 4.60. The highest BCUT2D eigenvalue weighted by Gasteiger charge is 2.13. The van der Waals surface area contributed by atoms with Crippen LogP contribution in [0.25, 0.3) is 0 Å². The van der Waals surface area contributed by atoms with Crippen molar-refractivity contribution < 1.29 is 4.74 Å². The lowest BCUT2D eigenvalue weighted by Crippen LogP contribution is -2.34. The number of halogens is 1. The molecule has 4 heteroatoms. The minimum absolute atomic E-state index is 0.441. The van der Waals surface area contributed by atoms with Crippen LogP contribution in [0.5, 0.6) is 0 Å². The second kappa shape index (κ2) is 7.77. The molecule has 0 bridgehead atoms. The Kier molecular flexibility index (Phi) is 6.68. The van der Waals surface area contributed by atoms with Crippen molar-refractivity contribution in [1.29, 1.82) is 0 Å². The van der Waals surface area contributed by atoms with E-state index in [1.807, 2.05) is 0 Å². The number of rotatable bonds is 7. The summed E-state index contributed by atoms with van der Waals surface area (Å²) in [5.41, 5.74) is 8.06. The molecule has 18 heavy (non-hydrogen) atoms. The summed E-state index contributed by atoms with van der Waals surface area (Å²) >= 11 is 3.65. The first-order valence-corrected chi connectivity index (χ1v) is 7.13. The van der Waals surface area contributed by atoms with Crippen molar-refractivity contribution in [3.8, 4) is 0 Å². The first kappa shape index (κ1) is 15.5. The summed E-state index contributed by atoms with van der Waals surface area (Å²) in [5.74, 6) is 0. The summed E-state index contributed by atoms with van der Waals surface area (Å²) in [5, 5.41) is 0. The summed E-state index contributed by atoms with van der Waals surface area (Å²) in [4.78, 5) is 2.33. The van der Waals surface area contributed by atoms with E-state index in [9.17, 15) is 0 Å². The summed E-state index contributed by atoms with van der Waals surface area (Å²) in [7, 11) is 1.73. The van der Waals surface area contributed by atoms with Gasteiger partial charge in [0, 0.05) is 24.2 Å². The second-order valence-corrected chi connectivity index (χ2v) is 5.46. The Hall–Kier alpha value is -0.580. The van der Waals surface area contributed by atoms with Crippen LogP contribution >= 0.6 is 15.9 Å². The van der Waals surface area contributed by atoms with E-state index in [4.69, 9.17) is 10.5 Å². The number of ether oxygens (including phenoxy) is 1. The van der Waals surface area contributed by atoms with Gasteiger partial charge in [0.1, 0.15) is 0 Å². The molecule has 0 saturated heterocycles. The first-order valence-electron chi connectivity index (χ1n) is 6.34. The number of methoxy groups -OCH3 is 1. The van der Waals surface area contributed by atoms with Crippen molar-refractivity contribution in [2.45, 2.75) is 26.3 Å². The van der Waals surface area contributed by atoms with Gasteiger partial charge in [0.25, 0.3) is 0 Å². The lowest BCUT2D eigenvalue weighted by Gasteiger charge is -2.30. The lowest BCUT2D eigenvalue weighted by molar-refractivity contribution is 0.204. The molecule has 0 heterocycles. The van der Waals surface area contributed by atoms with Crippen molar-refractivity contribution >= 4 is 21.6 Å². The molecule has 1 aromatic carbocycles. The van der Waals surface area contributed by atoms with Gasteiger partial charge in [-0.3, -0.25) is 0 Å². The van der Waals surface area contributed by atoms with E-state index in [0.717, 1.165) is 24.0 Å². The highest BCUT2D eigenvalue weighted by Crippen LogP contribution is 2.28. The van der Waals surface area contributed by atoms with Gasteiger partial charge in [-0.15, -0.1) is 0 Å². The van der Waals surface area contributed by atoms with Crippen molar-refractivity contribution in [1.82, 2.24) is 0 Å². The van der Waals surface area contributed by atoms with Crippen LogP contribution in [-0.2, 0) is 11.2 Å². The molecule has 0 aliphatic heterocycles. The molecule has 0 spiro atoms. The standard InChI is InChI=1S/C14H23BrN2O/c1-11(2)17(8-9-18-3)14-5-4-12(6-7-16)10-13(14)15/h4-5,10-11H,6-9,16H2,1-3H3. The zero-order chi connectivity index (χ0) is 13.5. The molecule has 3 nitrogen and oxygen atoms in total. The van der Waals surface area contributed by atoms with Gasteiger partial charge < -0.3 is 15.4 Å². The molecule has 1 rings (SSSR count). The Morgan fingerprint density at radius 1 is 1.39 bits per heavy atom. The topological polar surface area (TPSA) is 38.5 Å². The van der Waals surface area contributed by atoms with Gasteiger partial charge in [-0.25, -0.2) is 0 Å². The molecule has 0 radical (unpaired) electrons. The Balaban J connectivity index is 2.90. The average molecular weight is 315 g/mol. The number of anilines is 1. The third-order valence-electron chi connectivity index (χ3n) is 2.91. The summed E-state index contributed by atoms with van der Waals surface area (Å²) in [6.07, 6.45) is 0.915. The molecule has 0 atom stereocenters. The van der Waals surface area contributed by atoms with E-state index in [2.05, 4.69) is 52.9 Å². The largest absolute Gasteiger partial charge is 0.383 e. The van der Waals surface area contributed by atoms with Crippen LogP contribution in [-0.4, -0.2) is 32.8 Å². The molecule has 0 fully saturated rings.